The van der Waals surface area contributed by atoms with Gasteiger partial charge in [0.1, 0.15) is 6.26 Å². The third-order valence-corrected chi connectivity index (χ3v) is 0.984. The van der Waals surface area contributed by atoms with Crippen molar-refractivity contribution in [2.24, 2.45) is 0 Å². The molecule has 1 rings (SSSR count). The van der Waals surface area contributed by atoms with Crippen molar-refractivity contribution in [2.75, 3.05) is 0 Å². The summed E-state index contributed by atoms with van der Waals surface area (Å²) in [5, 5.41) is 0. The molecule has 0 amide bonds. The summed E-state index contributed by atoms with van der Waals surface area (Å²) < 4.78 is 9.44. The van der Waals surface area contributed by atoms with Crippen LogP contribution in [0, 0.1) is 0 Å². The van der Waals surface area contributed by atoms with E-state index >= 15 is 0 Å². The average molecular weight is 155 g/mol. The number of ether oxygens (including phenoxy) is 1. The van der Waals surface area contributed by atoms with Gasteiger partial charge in [0.25, 0.3) is 0 Å². The minimum atomic E-state index is -0.450. The van der Waals surface area contributed by atoms with Gasteiger partial charge in [0.15, 0.2) is 12.1 Å². The van der Waals surface area contributed by atoms with Crippen LogP contribution in [-0.2, 0) is 4.74 Å². The third kappa shape index (κ3) is 2.07. The zero-order valence-electron chi connectivity index (χ0n) is 6.40. The van der Waals surface area contributed by atoms with Crippen molar-refractivity contribution in [2.45, 2.75) is 20.0 Å². The topological polar surface area (TPSA) is 52.3 Å². The molecule has 60 valence electrons. The van der Waals surface area contributed by atoms with Crippen molar-refractivity contribution >= 4 is 5.97 Å². The molecule has 4 heteroatoms. The molecule has 0 saturated carbocycles. The monoisotopic (exact) mass is 155 g/mol. The van der Waals surface area contributed by atoms with Crippen molar-refractivity contribution in [3.63, 3.8) is 0 Å². The molecule has 0 aliphatic heterocycles. The Kier molecular flexibility index (Phi) is 2.25. The van der Waals surface area contributed by atoms with Crippen molar-refractivity contribution in [3.05, 3.63) is 18.4 Å². The Hall–Kier alpha value is -1.32. The molecule has 4 nitrogen and oxygen atoms in total. The number of nitrogens with zero attached hydrogens (tertiary/aromatic N) is 1. The largest absolute Gasteiger partial charge is 0.458 e. The van der Waals surface area contributed by atoms with Crippen LogP contribution in [-0.4, -0.2) is 17.1 Å². The lowest BCUT2D eigenvalue weighted by Crippen LogP contribution is -2.11. The predicted molar refractivity (Wildman–Crippen MR) is 37.1 cm³/mol. The second-order valence-electron chi connectivity index (χ2n) is 2.33. The van der Waals surface area contributed by atoms with E-state index in [1.165, 1.54) is 12.7 Å². The van der Waals surface area contributed by atoms with Crippen molar-refractivity contribution in [1.82, 2.24) is 4.98 Å². The number of oxazole rings is 1. The molecular formula is C7H9NO3. The molecule has 0 spiro atoms. The molecule has 0 radical (unpaired) electrons. The Balaban J connectivity index is 2.57. The number of rotatable bonds is 2. The molecule has 0 atom stereocenters. The molecule has 1 heterocycles. The third-order valence-electron chi connectivity index (χ3n) is 0.984. The van der Waals surface area contributed by atoms with E-state index in [9.17, 15) is 4.79 Å². The van der Waals surface area contributed by atoms with E-state index in [1.54, 1.807) is 13.8 Å². The van der Waals surface area contributed by atoms with Crippen LogP contribution in [0.3, 0.4) is 0 Å². The van der Waals surface area contributed by atoms with Crippen LogP contribution in [0.25, 0.3) is 0 Å². The van der Waals surface area contributed by atoms with Gasteiger partial charge < -0.3 is 9.15 Å². The molecule has 0 bridgehead atoms. The van der Waals surface area contributed by atoms with Crippen LogP contribution in [0.2, 0.25) is 0 Å². The first-order chi connectivity index (χ1) is 5.20. The maximum atomic E-state index is 11.0. The fraction of sp³-hybridized carbons (Fsp3) is 0.429. The number of hydrogen-bond acceptors (Lipinski definition) is 4. The lowest BCUT2D eigenvalue weighted by Gasteiger charge is -2.04. The lowest BCUT2D eigenvalue weighted by molar-refractivity contribution is 0.0371. The van der Waals surface area contributed by atoms with Gasteiger partial charge in [-0.3, -0.25) is 0 Å². The highest BCUT2D eigenvalue weighted by molar-refractivity contribution is 5.86. The van der Waals surface area contributed by atoms with Gasteiger partial charge in [-0.25, -0.2) is 9.78 Å². The highest BCUT2D eigenvalue weighted by Gasteiger charge is 2.10. The first-order valence-corrected chi connectivity index (χ1v) is 3.29. The van der Waals surface area contributed by atoms with Gasteiger partial charge in [-0.05, 0) is 13.8 Å². The van der Waals surface area contributed by atoms with E-state index in [2.05, 4.69) is 9.40 Å². The van der Waals surface area contributed by atoms with Crippen LogP contribution in [0.4, 0.5) is 0 Å². The molecular weight excluding hydrogens is 146 g/mol. The number of hydrogen-bond donors (Lipinski definition) is 0. The Bertz CT molecular complexity index is 228. The summed E-state index contributed by atoms with van der Waals surface area (Å²) in [4.78, 5) is 14.6. The van der Waals surface area contributed by atoms with Gasteiger partial charge in [-0.2, -0.15) is 0 Å². The van der Waals surface area contributed by atoms with Gasteiger partial charge in [0.2, 0.25) is 0 Å². The van der Waals surface area contributed by atoms with E-state index in [0.29, 0.717) is 0 Å². The van der Waals surface area contributed by atoms with E-state index < -0.39 is 5.97 Å². The zero-order valence-corrected chi connectivity index (χ0v) is 6.40. The predicted octanol–water partition coefficient (Wildman–Crippen LogP) is 1.24. The van der Waals surface area contributed by atoms with E-state index in [1.807, 2.05) is 0 Å². The quantitative estimate of drug-likeness (QED) is 0.603. The second kappa shape index (κ2) is 3.18. The summed E-state index contributed by atoms with van der Waals surface area (Å²) in [6.07, 6.45) is 2.32. The van der Waals surface area contributed by atoms with Crippen LogP contribution in [0.15, 0.2) is 17.1 Å². The number of carbonyl (C=O) groups is 1. The zero-order chi connectivity index (χ0) is 8.27. The summed E-state index contributed by atoms with van der Waals surface area (Å²) in [6.45, 7) is 3.55. The molecule has 1 aromatic rings. The molecule has 0 aliphatic carbocycles. The number of carbonyl (C=O) groups excluding carboxylic acids is 1. The summed E-state index contributed by atoms with van der Waals surface area (Å²) in [5.41, 5.74) is 0.207. The standard InChI is InChI=1S/C7H9NO3/c1-5(2)11-7(9)6-3-10-4-8-6/h3-5H,1-2H3. The second-order valence-corrected chi connectivity index (χ2v) is 2.33. The van der Waals surface area contributed by atoms with Crippen LogP contribution >= 0.6 is 0 Å². The van der Waals surface area contributed by atoms with Crippen LogP contribution < -0.4 is 0 Å². The lowest BCUT2D eigenvalue weighted by atomic mass is 10.4. The first-order valence-electron chi connectivity index (χ1n) is 3.29. The summed E-state index contributed by atoms with van der Waals surface area (Å²) in [7, 11) is 0. The van der Waals surface area contributed by atoms with Gasteiger partial charge in [-0.1, -0.05) is 0 Å². The smallest absolute Gasteiger partial charge is 0.360 e. The number of esters is 1. The van der Waals surface area contributed by atoms with Gasteiger partial charge in [-0.15, -0.1) is 0 Å². The highest BCUT2D eigenvalue weighted by atomic mass is 16.5. The Morgan fingerprint density at radius 3 is 2.91 bits per heavy atom. The van der Waals surface area contributed by atoms with E-state index in [-0.39, 0.29) is 11.8 Å². The Labute approximate surface area is 64.2 Å². The van der Waals surface area contributed by atoms with E-state index in [0.717, 1.165) is 0 Å². The van der Waals surface area contributed by atoms with Crippen molar-refractivity contribution < 1.29 is 13.9 Å². The molecule has 1 aromatic heterocycles. The normalized spacial score (nSPS) is 10.1. The SMILES string of the molecule is CC(C)OC(=O)c1cocn1. The van der Waals surface area contributed by atoms with Crippen LogP contribution in [0.5, 0.6) is 0 Å². The summed E-state index contributed by atoms with van der Waals surface area (Å²) >= 11 is 0. The van der Waals surface area contributed by atoms with Crippen molar-refractivity contribution in [1.29, 1.82) is 0 Å². The molecule has 0 N–H and O–H groups in total. The maximum absolute atomic E-state index is 11.0. The highest BCUT2D eigenvalue weighted by Crippen LogP contribution is 1.99. The van der Waals surface area contributed by atoms with Gasteiger partial charge in [0.05, 0.1) is 6.10 Å². The van der Waals surface area contributed by atoms with Crippen LogP contribution in [0.1, 0.15) is 24.3 Å². The Morgan fingerprint density at radius 1 is 1.73 bits per heavy atom. The molecule has 0 aromatic carbocycles. The van der Waals surface area contributed by atoms with Gasteiger partial charge >= 0.3 is 5.97 Å². The first kappa shape index (κ1) is 7.78. The molecule has 0 unspecified atom stereocenters. The molecule has 0 fully saturated rings. The molecule has 11 heavy (non-hydrogen) atoms. The Morgan fingerprint density at radius 2 is 2.45 bits per heavy atom. The minimum absolute atomic E-state index is 0.126. The summed E-state index contributed by atoms with van der Waals surface area (Å²) in [5.74, 6) is -0.450. The molecule has 0 aliphatic rings. The van der Waals surface area contributed by atoms with Crippen molar-refractivity contribution in [3.8, 4) is 0 Å². The fourth-order valence-corrected chi connectivity index (χ4v) is 0.588. The molecule has 0 saturated heterocycles. The van der Waals surface area contributed by atoms with Gasteiger partial charge in [0, 0.05) is 0 Å². The van der Waals surface area contributed by atoms with E-state index in [4.69, 9.17) is 4.74 Å². The summed E-state index contributed by atoms with van der Waals surface area (Å²) in [6, 6.07) is 0. The average Bonchev–Trinajstić information content (AvgIpc) is 2.35. The number of aromatic nitrogens is 1. The fourth-order valence-electron chi connectivity index (χ4n) is 0.588. The maximum Gasteiger partial charge on any atom is 0.360 e. The minimum Gasteiger partial charge on any atom is -0.458 e.